The van der Waals surface area contributed by atoms with Crippen LogP contribution in [-0.4, -0.2) is 49.2 Å². The summed E-state index contributed by atoms with van der Waals surface area (Å²) in [4.78, 5) is 0.213. The first-order valence-corrected chi connectivity index (χ1v) is 6.87. The maximum atomic E-state index is 12.1. The quantitative estimate of drug-likeness (QED) is 0.820. The molecule has 0 aliphatic carbocycles. The highest BCUT2D eigenvalue weighted by Gasteiger charge is 2.23. The van der Waals surface area contributed by atoms with Crippen LogP contribution in [0.15, 0.2) is 11.1 Å². The lowest BCUT2D eigenvalue weighted by atomic mass is 10.5. The zero-order valence-corrected chi connectivity index (χ0v) is 11.4. The van der Waals surface area contributed by atoms with Crippen molar-refractivity contribution in [3.8, 4) is 0 Å². The molecule has 0 saturated heterocycles. The van der Waals surface area contributed by atoms with Crippen molar-refractivity contribution in [3.63, 3.8) is 0 Å². The van der Waals surface area contributed by atoms with Gasteiger partial charge in [-0.15, -0.1) is 0 Å². The number of ether oxygens (including phenoxy) is 1. The lowest BCUT2D eigenvalue weighted by Crippen LogP contribution is -2.31. The van der Waals surface area contributed by atoms with Crippen molar-refractivity contribution in [2.75, 3.05) is 20.2 Å². The first-order valence-electron chi connectivity index (χ1n) is 5.43. The molecule has 0 amide bonds. The number of rotatable bonds is 6. The smallest absolute Gasteiger partial charge is 0.246 e. The minimum absolute atomic E-state index is 0.0989. The number of likely N-dealkylation sites (N-methyl/N-ethyl adjacent to an activating group) is 1. The number of hydrogen-bond acceptors (Lipinski definition) is 4. The van der Waals surface area contributed by atoms with Crippen molar-refractivity contribution in [2.45, 2.75) is 31.8 Å². The van der Waals surface area contributed by atoms with Crippen molar-refractivity contribution in [1.82, 2.24) is 14.5 Å². The summed E-state index contributed by atoms with van der Waals surface area (Å²) in [6.07, 6.45) is 1.42. The summed E-state index contributed by atoms with van der Waals surface area (Å²) in [6, 6.07) is 0. The van der Waals surface area contributed by atoms with Crippen molar-refractivity contribution in [1.29, 1.82) is 0 Å². The Morgan fingerprint density at radius 1 is 1.53 bits per heavy atom. The molecule has 7 heteroatoms. The molecule has 0 aromatic carbocycles. The van der Waals surface area contributed by atoms with Gasteiger partial charge in [0.25, 0.3) is 0 Å². The predicted octanol–water partition coefficient (Wildman–Crippen LogP) is 0.764. The van der Waals surface area contributed by atoms with Gasteiger partial charge in [0, 0.05) is 13.6 Å². The molecule has 0 radical (unpaired) electrons. The van der Waals surface area contributed by atoms with E-state index in [1.807, 2.05) is 13.8 Å². The molecule has 98 valence electrons. The maximum Gasteiger partial charge on any atom is 0.246 e. The molecule has 1 rings (SSSR count). The minimum Gasteiger partial charge on any atom is -0.377 e. The predicted molar refractivity (Wildman–Crippen MR) is 64.2 cm³/mol. The summed E-state index contributed by atoms with van der Waals surface area (Å²) in [5, 5.41) is 6.33. The number of H-pyrrole nitrogens is 1. The average molecular weight is 261 g/mol. The van der Waals surface area contributed by atoms with E-state index in [1.54, 1.807) is 6.92 Å². The van der Waals surface area contributed by atoms with Crippen LogP contribution < -0.4 is 0 Å². The molecule has 6 nitrogen and oxygen atoms in total. The van der Waals surface area contributed by atoms with Crippen LogP contribution in [0.2, 0.25) is 0 Å². The normalized spacial score (nSPS) is 12.6. The van der Waals surface area contributed by atoms with Crippen LogP contribution in [0.3, 0.4) is 0 Å². The van der Waals surface area contributed by atoms with Crippen LogP contribution in [0, 0.1) is 6.92 Å². The Morgan fingerprint density at radius 2 is 2.18 bits per heavy atom. The van der Waals surface area contributed by atoms with Crippen molar-refractivity contribution >= 4 is 10.0 Å². The Kier molecular flexibility index (Phi) is 4.67. The van der Waals surface area contributed by atoms with E-state index in [0.29, 0.717) is 18.8 Å². The summed E-state index contributed by atoms with van der Waals surface area (Å²) in [5.74, 6) is 0. The SMILES string of the molecule is Cc1[nH]ncc1S(=O)(=O)N(C)CCOC(C)C. The average Bonchev–Trinajstić information content (AvgIpc) is 2.64. The molecule has 0 aliphatic heterocycles. The second-order valence-corrected chi connectivity index (χ2v) is 6.12. The fourth-order valence-corrected chi connectivity index (χ4v) is 2.57. The van der Waals surface area contributed by atoms with Crippen LogP contribution in [0.25, 0.3) is 0 Å². The highest BCUT2D eigenvalue weighted by Crippen LogP contribution is 2.15. The van der Waals surface area contributed by atoms with E-state index in [9.17, 15) is 8.42 Å². The zero-order chi connectivity index (χ0) is 13.1. The van der Waals surface area contributed by atoms with Gasteiger partial charge in [-0.3, -0.25) is 5.10 Å². The van der Waals surface area contributed by atoms with Gasteiger partial charge in [0.05, 0.1) is 24.6 Å². The number of sulfonamides is 1. The van der Waals surface area contributed by atoms with Crippen LogP contribution in [-0.2, 0) is 14.8 Å². The third kappa shape index (κ3) is 3.52. The fraction of sp³-hybridized carbons (Fsp3) is 0.700. The van der Waals surface area contributed by atoms with Gasteiger partial charge in [-0.1, -0.05) is 0 Å². The van der Waals surface area contributed by atoms with Crippen LogP contribution in [0.5, 0.6) is 0 Å². The Bertz CT molecular complexity index is 453. The molecule has 0 spiro atoms. The molecule has 1 N–H and O–H groups in total. The van der Waals surface area contributed by atoms with Gasteiger partial charge in [-0.05, 0) is 20.8 Å². The van der Waals surface area contributed by atoms with Gasteiger partial charge in [0.1, 0.15) is 4.90 Å². The second-order valence-electron chi connectivity index (χ2n) is 4.11. The minimum atomic E-state index is -3.46. The number of aromatic nitrogens is 2. The monoisotopic (exact) mass is 261 g/mol. The molecule has 0 fully saturated rings. The van der Waals surface area contributed by atoms with Crippen molar-refractivity contribution in [3.05, 3.63) is 11.9 Å². The number of nitrogens with one attached hydrogen (secondary N) is 1. The zero-order valence-electron chi connectivity index (χ0n) is 10.6. The highest BCUT2D eigenvalue weighted by molar-refractivity contribution is 7.89. The maximum absolute atomic E-state index is 12.1. The number of aromatic amines is 1. The van der Waals surface area contributed by atoms with Crippen LogP contribution in [0.4, 0.5) is 0 Å². The van der Waals surface area contributed by atoms with E-state index in [-0.39, 0.29) is 11.0 Å². The Balaban J connectivity index is 2.68. The Morgan fingerprint density at radius 3 is 2.65 bits per heavy atom. The fourth-order valence-electron chi connectivity index (χ4n) is 1.30. The van der Waals surface area contributed by atoms with Gasteiger partial charge >= 0.3 is 0 Å². The molecular weight excluding hydrogens is 242 g/mol. The van der Waals surface area contributed by atoms with E-state index < -0.39 is 10.0 Å². The standard InChI is InChI=1S/C10H19N3O3S/c1-8(2)16-6-5-13(4)17(14,15)10-7-11-12-9(10)3/h7-8H,5-6H2,1-4H3,(H,11,12). The van der Waals surface area contributed by atoms with Gasteiger partial charge in [-0.25, -0.2) is 8.42 Å². The molecule has 0 unspecified atom stereocenters. The lowest BCUT2D eigenvalue weighted by molar-refractivity contribution is 0.0737. The van der Waals surface area contributed by atoms with E-state index in [2.05, 4.69) is 10.2 Å². The van der Waals surface area contributed by atoms with Gasteiger partial charge < -0.3 is 4.74 Å². The topological polar surface area (TPSA) is 75.3 Å². The first kappa shape index (κ1) is 14.1. The number of hydrogen-bond donors (Lipinski definition) is 1. The Hall–Kier alpha value is -0.920. The van der Waals surface area contributed by atoms with E-state index in [0.717, 1.165) is 0 Å². The summed E-state index contributed by atoms with van der Waals surface area (Å²) in [6.45, 7) is 6.21. The molecule has 1 heterocycles. The van der Waals surface area contributed by atoms with Crippen molar-refractivity contribution in [2.24, 2.45) is 0 Å². The highest BCUT2D eigenvalue weighted by atomic mass is 32.2. The first-order chi connectivity index (χ1) is 7.85. The summed E-state index contributed by atoms with van der Waals surface area (Å²) >= 11 is 0. The van der Waals surface area contributed by atoms with Crippen LogP contribution in [0.1, 0.15) is 19.5 Å². The largest absolute Gasteiger partial charge is 0.377 e. The third-order valence-corrected chi connectivity index (χ3v) is 4.30. The lowest BCUT2D eigenvalue weighted by Gasteiger charge is -2.17. The molecule has 17 heavy (non-hydrogen) atoms. The summed E-state index contributed by atoms with van der Waals surface area (Å²) < 4.78 is 30.8. The molecule has 0 bridgehead atoms. The second kappa shape index (κ2) is 5.61. The van der Waals surface area contributed by atoms with Gasteiger partial charge in [-0.2, -0.15) is 9.40 Å². The summed E-state index contributed by atoms with van der Waals surface area (Å²) in [7, 11) is -1.93. The molecular formula is C10H19N3O3S. The van der Waals surface area contributed by atoms with Crippen LogP contribution >= 0.6 is 0 Å². The molecule has 1 aromatic heterocycles. The molecule has 0 aliphatic rings. The summed E-state index contributed by atoms with van der Waals surface area (Å²) in [5.41, 5.74) is 0.543. The third-order valence-electron chi connectivity index (χ3n) is 2.33. The van der Waals surface area contributed by atoms with E-state index in [1.165, 1.54) is 17.5 Å². The molecule has 0 saturated carbocycles. The van der Waals surface area contributed by atoms with Gasteiger partial charge in [0.15, 0.2) is 0 Å². The van der Waals surface area contributed by atoms with E-state index >= 15 is 0 Å². The molecule has 0 atom stereocenters. The number of nitrogens with zero attached hydrogens (tertiary/aromatic N) is 2. The number of aryl methyl sites for hydroxylation is 1. The Labute approximate surface area is 102 Å². The van der Waals surface area contributed by atoms with E-state index in [4.69, 9.17) is 4.74 Å². The van der Waals surface area contributed by atoms with Gasteiger partial charge in [0.2, 0.25) is 10.0 Å². The molecule has 1 aromatic rings. The van der Waals surface area contributed by atoms with Crippen molar-refractivity contribution < 1.29 is 13.2 Å².